The molecule has 2 atom stereocenters. The summed E-state index contributed by atoms with van der Waals surface area (Å²) in [5, 5.41) is 0. The zero-order valence-electron chi connectivity index (χ0n) is 14.6. The Hall–Kier alpha value is -2.13. The van der Waals surface area contributed by atoms with E-state index in [0.29, 0.717) is 23.4 Å². The van der Waals surface area contributed by atoms with Gasteiger partial charge in [0.05, 0.1) is 7.11 Å². The van der Waals surface area contributed by atoms with Crippen molar-refractivity contribution in [3.63, 3.8) is 0 Å². The van der Waals surface area contributed by atoms with Gasteiger partial charge in [-0.05, 0) is 36.5 Å². The molecule has 2 unspecified atom stereocenters. The third kappa shape index (κ3) is 3.21. The Bertz CT molecular complexity index is 771. The van der Waals surface area contributed by atoms with Crippen molar-refractivity contribution in [2.45, 2.75) is 44.3 Å². The zero-order valence-corrected chi connectivity index (χ0v) is 14.6. The van der Waals surface area contributed by atoms with Crippen LogP contribution in [0.4, 0.5) is 4.39 Å². The molecule has 4 rings (SSSR count). The van der Waals surface area contributed by atoms with Crippen molar-refractivity contribution in [3.8, 4) is 5.75 Å². The Kier molecular flexibility index (Phi) is 4.58. The van der Waals surface area contributed by atoms with Gasteiger partial charge in [-0.2, -0.15) is 0 Å². The maximum Gasteiger partial charge on any atom is 0.172 e. The highest BCUT2D eigenvalue weighted by atomic mass is 19.1. The van der Waals surface area contributed by atoms with E-state index >= 15 is 0 Å². The molecule has 0 saturated carbocycles. The van der Waals surface area contributed by atoms with Crippen LogP contribution in [0.3, 0.4) is 0 Å². The van der Waals surface area contributed by atoms with Crippen LogP contribution in [0, 0.1) is 5.82 Å². The average molecular weight is 337 g/mol. The molecular formula is C22H24FNO. The standard InChI is InChI=1S/C22H24FNO/c1-25-21-12-6-11-20(22(21)23)17-13-18-9-5-10-19(14-17)24(18)15-16-7-3-2-4-8-16/h2-4,6-8,11-13,18-19H,5,9-10,14-15H2,1H3. The Morgan fingerprint density at radius 3 is 2.68 bits per heavy atom. The normalized spacial score (nSPS) is 23.2. The molecule has 2 aromatic carbocycles. The largest absolute Gasteiger partial charge is 0.494 e. The number of hydrogen-bond acceptors (Lipinski definition) is 2. The van der Waals surface area contributed by atoms with Crippen molar-refractivity contribution in [3.05, 3.63) is 71.6 Å². The summed E-state index contributed by atoms with van der Waals surface area (Å²) in [6, 6.07) is 17.0. The first-order chi connectivity index (χ1) is 12.3. The number of halogens is 1. The fourth-order valence-corrected chi connectivity index (χ4v) is 4.27. The molecule has 2 nitrogen and oxygen atoms in total. The van der Waals surface area contributed by atoms with Gasteiger partial charge in [0.25, 0.3) is 0 Å². The minimum absolute atomic E-state index is 0.231. The highest BCUT2D eigenvalue weighted by Gasteiger charge is 2.34. The Morgan fingerprint density at radius 2 is 1.92 bits per heavy atom. The summed E-state index contributed by atoms with van der Waals surface area (Å²) in [4.78, 5) is 2.60. The molecule has 2 heterocycles. The van der Waals surface area contributed by atoms with Crippen molar-refractivity contribution >= 4 is 5.57 Å². The number of benzene rings is 2. The summed E-state index contributed by atoms with van der Waals surface area (Å²) in [7, 11) is 1.52. The molecule has 130 valence electrons. The van der Waals surface area contributed by atoms with Gasteiger partial charge in [-0.15, -0.1) is 0 Å². The number of nitrogens with zero attached hydrogens (tertiary/aromatic N) is 1. The first-order valence-electron chi connectivity index (χ1n) is 9.09. The van der Waals surface area contributed by atoms with Crippen molar-refractivity contribution in [1.82, 2.24) is 4.90 Å². The lowest BCUT2D eigenvalue weighted by molar-refractivity contribution is 0.0950. The van der Waals surface area contributed by atoms with Gasteiger partial charge in [0.1, 0.15) is 0 Å². The molecule has 0 N–H and O–H groups in total. The summed E-state index contributed by atoms with van der Waals surface area (Å²) in [5.74, 6) is 0.0982. The van der Waals surface area contributed by atoms with Crippen LogP contribution in [0.5, 0.6) is 5.75 Å². The molecule has 0 aromatic heterocycles. The molecule has 3 heteroatoms. The van der Waals surface area contributed by atoms with Gasteiger partial charge in [0.2, 0.25) is 0 Å². The summed E-state index contributed by atoms with van der Waals surface area (Å²) in [6.45, 7) is 0.973. The third-order valence-electron chi connectivity index (χ3n) is 5.52. The number of rotatable bonds is 4. The quantitative estimate of drug-likeness (QED) is 0.774. The Balaban J connectivity index is 1.63. The van der Waals surface area contributed by atoms with Crippen LogP contribution in [0.1, 0.15) is 36.8 Å². The first kappa shape index (κ1) is 16.3. The molecule has 2 bridgehead atoms. The summed E-state index contributed by atoms with van der Waals surface area (Å²) < 4.78 is 19.9. The molecular weight excluding hydrogens is 313 g/mol. The van der Waals surface area contributed by atoms with Crippen LogP contribution < -0.4 is 4.74 Å². The average Bonchev–Trinajstić information content (AvgIpc) is 2.63. The number of fused-ring (bicyclic) bond motifs is 2. The van der Waals surface area contributed by atoms with Gasteiger partial charge in [-0.3, -0.25) is 4.90 Å². The number of ether oxygens (including phenoxy) is 1. The minimum Gasteiger partial charge on any atom is -0.494 e. The lowest BCUT2D eigenvalue weighted by Gasteiger charge is -2.45. The molecule has 1 fully saturated rings. The van der Waals surface area contributed by atoms with E-state index in [-0.39, 0.29) is 5.82 Å². The van der Waals surface area contributed by atoms with Crippen molar-refractivity contribution in [1.29, 1.82) is 0 Å². The van der Waals surface area contributed by atoms with E-state index in [0.717, 1.165) is 25.0 Å². The molecule has 1 saturated heterocycles. The van der Waals surface area contributed by atoms with Crippen LogP contribution in [-0.2, 0) is 6.54 Å². The SMILES string of the molecule is COc1cccc(C2=CC3CCCC(C2)N3Cc2ccccc2)c1F. The number of methoxy groups -OCH3 is 1. The first-order valence-corrected chi connectivity index (χ1v) is 9.09. The van der Waals surface area contributed by atoms with Gasteiger partial charge < -0.3 is 4.74 Å². The fourth-order valence-electron chi connectivity index (χ4n) is 4.27. The maximum absolute atomic E-state index is 14.7. The van der Waals surface area contributed by atoms with Gasteiger partial charge in [-0.25, -0.2) is 4.39 Å². The maximum atomic E-state index is 14.7. The molecule has 0 spiro atoms. The van der Waals surface area contributed by atoms with Gasteiger partial charge in [0, 0.05) is 24.2 Å². The predicted octanol–water partition coefficient (Wildman–Crippen LogP) is 5.04. The van der Waals surface area contributed by atoms with E-state index in [1.807, 2.05) is 12.1 Å². The van der Waals surface area contributed by atoms with E-state index in [2.05, 4.69) is 41.3 Å². The van der Waals surface area contributed by atoms with Gasteiger partial charge in [0.15, 0.2) is 11.6 Å². The topological polar surface area (TPSA) is 12.5 Å². The lowest BCUT2D eigenvalue weighted by atomic mass is 9.82. The third-order valence-corrected chi connectivity index (χ3v) is 5.52. The zero-order chi connectivity index (χ0) is 17.2. The molecule has 0 amide bonds. The van der Waals surface area contributed by atoms with Crippen molar-refractivity contribution in [2.75, 3.05) is 7.11 Å². The second-order valence-electron chi connectivity index (χ2n) is 7.03. The van der Waals surface area contributed by atoms with E-state index in [1.165, 1.54) is 25.5 Å². The predicted molar refractivity (Wildman–Crippen MR) is 99.0 cm³/mol. The summed E-state index contributed by atoms with van der Waals surface area (Å²) in [6.07, 6.45) is 6.79. The van der Waals surface area contributed by atoms with E-state index in [1.54, 1.807) is 6.07 Å². The summed E-state index contributed by atoms with van der Waals surface area (Å²) >= 11 is 0. The molecule has 2 aliphatic rings. The Labute approximate surface area is 148 Å². The van der Waals surface area contributed by atoms with E-state index in [9.17, 15) is 4.39 Å². The van der Waals surface area contributed by atoms with Crippen LogP contribution in [-0.4, -0.2) is 24.1 Å². The van der Waals surface area contributed by atoms with Gasteiger partial charge in [-0.1, -0.05) is 55.0 Å². The molecule has 2 aliphatic heterocycles. The monoisotopic (exact) mass is 337 g/mol. The fraction of sp³-hybridized carbons (Fsp3) is 0.364. The minimum atomic E-state index is -0.231. The van der Waals surface area contributed by atoms with Crippen molar-refractivity contribution in [2.24, 2.45) is 0 Å². The number of piperidine rings is 1. The van der Waals surface area contributed by atoms with Crippen LogP contribution in [0.2, 0.25) is 0 Å². The lowest BCUT2D eigenvalue weighted by Crippen LogP contribution is -2.47. The van der Waals surface area contributed by atoms with Crippen molar-refractivity contribution < 1.29 is 9.13 Å². The van der Waals surface area contributed by atoms with Crippen LogP contribution >= 0.6 is 0 Å². The van der Waals surface area contributed by atoms with E-state index < -0.39 is 0 Å². The second-order valence-corrected chi connectivity index (χ2v) is 7.03. The van der Waals surface area contributed by atoms with Gasteiger partial charge >= 0.3 is 0 Å². The molecule has 25 heavy (non-hydrogen) atoms. The van der Waals surface area contributed by atoms with Crippen LogP contribution in [0.15, 0.2) is 54.6 Å². The molecule has 0 aliphatic carbocycles. The second kappa shape index (κ2) is 7.01. The Morgan fingerprint density at radius 1 is 1.08 bits per heavy atom. The molecule has 0 radical (unpaired) electrons. The smallest absolute Gasteiger partial charge is 0.172 e. The highest BCUT2D eigenvalue weighted by Crippen LogP contribution is 2.39. The highest BCUT2D eigenvalue weighted by molar-refractivity contribution is 5.69. The van der Waals surface area contributed by atoms with E-state index in [4.69, 9.17) is 4.74 Å². The molecule has 2 aromatic rings. The summed E-state index contributed by atoms with van der Waals surface area (Å²) in [5.41, 5.74) is 3.19. The van der Waals surface area contributed by atoms with Crippen LogP contribution in [0.25, 0.3) is 5.57 Å². The number of hydrogen-bond donors (Lipinski definition) is 0.